The highest BCUT2D eigenvalue weighted by molar-refractivity contribution is 7.18. The predicted octanol–water partition coefficient (Wildman–Crippen LogP) is 2.66. The van der Waals surface area contributed by atoms with Crippen molar-refractivity contribution in [1.82, 2.24) is 19.1 Å². The van der Waals surface area contributed by atoms with Gasteiger partial charge in [0.15, 0.2) is 0 Å². The van der Waals surface area contributed by atoms with Crippen molar-refractivity contribution in [3.05, 3.63) is 45.8 Å². The molecular weight excluding hydrogens is 298 g/mol. The normalized spacial score (nSPS) is 11.6. The van der Waals surface area contributed by atoms with E-state index in [0.717, 1.165) is 15.9 Å². The molecule has 110 valence electrons. The van der Waals surface area contributed by atoms with Crippen LogP contribution in [0.25, 0.3) is 10.2 Å². The Morgan fingerprint density at radius 3 is 2.90 bits per heavy atom. The lowest BCUT2D eigenvalue weighted by atomic mass is 10.3. The number of hydrogen-bond acceptors (Lipinski definition) is 4. The molecule has 21 heavy (non-hydrogen) atoms. The van der Waals surface area contributed by atoms with Gasteiger partial charge < -0.3 is 0 Å². The maximum Gasteiger partial charge on any atom is 0.319 e. The Kier molecular flexibility index (Phi) is 3.54. The van der Waals surface area contributed by atoms with Crippen molar-refractivity contribution in [2.75, 3.05) is 0 Å². The first-order valence-corrected chi connectivity index (χ1v) is 7.19. The van der Waals surface area contributed by atoms with Gasteiger partial charge >= 0.3 is 6.55 Å². The van der Waals surface area contributed by atoms with Gasteiger partial charge in [-0.2, -0.15) is 8.78 Å². The molecule has 0 aliphatic heterocycles. The molecule has 0 saturated heterocycles. The van der Waals surface area contributed by atoms with Crippen LogP contribution in [0.4, 0.5) is 8.78 Å². The Morgan fingerprint density at radius 1 is 1.38 bits per heavy atom. The highest BCUT2D eigenvalue weighted by atomic mass is 32.1. The average molecular weight is 310 g/mol. The van der Waals surface area contributed by atoms with Gasteiger partial charge in [-0.05, 0) is 12.5 Å². The first kappa shape index (κ1) is 13.9. The van der Waals surface area contributed by atoms with Crippen LogP contribution < -0.4 is 5.56 Å². The Labute approximate surface area is 122 Å². The van der Waals surface area contributed by atoms with Gasteiger partial charge in [-0.25, -0.2) is 9.97 Å². The molecule has 0 fully saturated rings. The SMILES string of the molecule is CCc1cc2c(=O)n(Cc3nccn3C(F)F)cnc2s1. The molecule has 5 nitrogen and oxygen atoms in total. The molecule has 0 atom stereocenters. The van der Waals surface area contributed by atoms with E-state index in [-0.39, 0.29) is 17.9 Å². The second kappa shape index (κ2) is 5.36. The number of fused-ring (bicyclic) bond motifs is 1. The zero-order valence-corrected chi connectivity index (χ0v) is 12.0. The summed E-state index contributed by atoms with van der Waals surface area (Å²) in [5.41, 5.74) is -0.236. The molecule has 0 spiro atoms. The molecule has 3 aromatic rings. The summed E-state index contributed by atoms with van der Waals surface area (Å²) in [7, 11) is 0. The van der Waals surface area contributed by atoms with Crippen molar-refractivity contribution >= 4 is 21.6 Å². The number of hydrogen-bond donors (Lipinski definition) is 0. The van der Waals surface area contributed by atoms with E-state index in [1.165, 1.54) is 34.6 Å². The van der Waals surface area contributed by atoms with Gasteiger partial charge in [0.1, 0.15) is 10.7 Å². The lowest BCUT2D eigenvalue weighted by molar-refractivity contribution is 0.0666. The summed E-state index contributed by atoms with van der Waals surface area (Å²) in [6.07, 6.45) is 4.69. The first-order valence-electron chi connectivity index (χ1n) is 6.38. The molecule has 0 unspecified atom stereocenters. The molecule has 8 heteroatoms. The molecule has 3 heterocycles. The molecule has 0 N–H and O–H groups in total. The zero-order valence-electron chi connectivity index (χ0n) is 11.2. The van der Waals surface area contributed by atoms with E-state index in [1.54, 1.807) is 0 Å². The summed E-state index contributed by atoms with van der Waals surface area (Å²) in [6, 6.07) is 1.81. The van der Waals surface area contributed by atoms with Crippen LogP contribution in [0.1, 0.15) is 24.2 Å². The average Bonchev–Trinajstić information content (AvgIpc) is 3.08. The summed E-state index contributed by atoms with van der Waals surface area (Å²) in [5.74, 6) is 0.124. The van der Waals surface area contributed by atoms with Crippen molar-refractivity contribution in [3.8, 4) is 0 Å². The standard InChI is InChI=1S/C13H12F2N4OS/c1-2-8-5-9-11(21-8)17-7-18(12(9)20)6-10-16-3-4-19(10)13(14)15/h3-5,7,13H,2,6H2,1H3. The molecule has 0 radical (unpaired) electrons. The van der Waals surface area contributed by atoms with Crippen molar-refractivity contribution in [2.24, 2.45) is 0 Å². The van der Waals surface area contributed by atoms with Crippen molar-refractivity contribution < 1.29 is 8.78 Å². The van der Waals surface area contributed by atoms with Gasteiger partial charge in [0.2, 0.25) is 0 Å². The van der Waals surface area contributed by atoms with E-state index in [1.807, 2.05) is 13.0 Å². The van der Waals surface area contributed by atoms with Crippen LogP contribution in [-0.4, -0.2) is 19.1 Å². The van der Waals surface area contributed by atoms with Gasteiger partial charge in [0, 0.05) is 17.3 Å². The first-order chi connectivity index (χ1) is 10.1. The molecule has 0 aliphatic rings. The molecule has 0 saturated carbocycles. The highest BCUT2D eigenvalue weighted by Crippen LogP contribution is 2.21. The van der Waals surface area contributed by atoms with Crippen LogP contribution in [0.2, 0.25) is 0 Å². The minimum atomic E-state index is -2.68. The van der Waals surface area contributed by atoms with E-state index in [9.17, 15) is 13.6 Å². The summed E-state index contributed by atoms with van der Waals surface area (Å²) in [5, 5.41) is 0.523. The van der Waals surface area contributed by atoms with E-state index in [0.29, 0.717) is 10.2 Å². The third-order valence-electron chi connectivity index (χ3n) is 3.19. The summed E-state index contributed by atoms with van der Waals surface area (Å²) >= 11 is 1.47. The van der Waals surface area contributed by atoms with Crippen molar-refractivity contribution in [2.45, 2.75) is 26.4 Å². The van der Waals surface area contributed by atoms with Crippen LogP contribution in [0, 0.1) is 0 Å². The topological polar surface area (TPSA) is 52.7 Å². The Balaban J connectivity index is 2.03. The van der Waals surface area contributed by atoms with Gasteiger partial charge in [-0.3, -0.25) is 13.9 Å². The predicted molar refractivity (Wildman–Crippen MR) is 75.8 cm³/mol. The zero-order chi connectivity index (χ0) is 15.0. The summed E-state index contributed by atoms with van der Waals surface area (Å²) in [4.78, 5) is 22.2. The van der Waals surface area contributed by atoms with Gasteiger partial charge in [-0.1, -0.05) is 6.92 Å². The fourth-order valence-electron chi connectivity index (χ4n) is 2.09. The monoisotopic (exact) mass is 310 g/mol. The minimum absolute atomic E-state index is 0.0313. The van der Waals surface area contributed by atoms with Crippen LogP contribution in [0.3, 0.4) is 0 Å². The van der Waals surface area contributed by atoms with Crippen molar-refractivity contribution in [3.63, 3.8) is 0 Å². The highest BCUT2D eigenvalue weighted by Gasteiger charge is 2.14. The number of rotatable bonds is 4. The van der Waals surface area contributed by atoms with Crippen LogP contribution in [-0.2, 0) is 13.0 Å². The maximum absolute atomic E-state index is 12.8. The maximum atomic E-state index is 12.8. The molecule has 0 aromatic carbocycles. The molecule has 0 amide bonds. The van der Waals surface area contributed by atoms with E-state index < -0.39 is 6.55 Å². The number of alkyl halides is 2. The number of halogens is 2. The molecular formula is C13H12F2N4OS. The number of aryl methyl sites for hydroxylation is 1. The van der Waals surface area contributed by atoms with Gasteiger partial charge in [0.25, 0.3) is 5.56 Å². The van der Waals surface area contributed by atoms with E-state index in [4.69, 9.17) is 0 Å². The molecule has 0 bridgehead atoms. The number of thiophene rings is 1. The fourth-order valence-corrected chi connectivity index (χ4v) is 3.02. The summed E-state index contributed by atoms with van der Waals surface area (Å²) in [6.45, 7) is -0.707. The minimum Gasteiger partial charge on any atom is -0.291 e. The molecule has 3 rings (SSSR count). The van der Waals surface area contributed by atoms with Crippen LogP contribution in [0.5, 0.6) is 0 Å². The summed E-state index contributed by atoms with van der Waals surface area (Å²) < 4.78 is 27.6. The fraction of sp³-hybridized carbons (Fsp3) is 0.308. The number of nitrogens with zero attached hydrogens (tertiary/aromatic N) is 4. The van der Waals surface area contributed by atoms with Gasteiger partial charge in [-0.15, -0.1) is 11.3 Å². The van der Waals surface area contributed by atoms with E-state index in [2.05, 4.69) is 9.97 Å². The lowest BCUT2D eigenvalue weighted by Gasteiger charge is -2.08. The van der Waals surface area contributed by atoms with Crippen LogP contribution in [0.15, 0.2) is 29.6 Å². The molecule has 3 aromatic heterocycles. The van der Waals surface area contributed by atoms with Gasteiger partial charge in [0.05, 0.1) is 18.3 Å². The number of aromatic nitrogens is 4. The second-order valence-corrected chi connectivity index (χ2v) is 5.61. The lowest BCUT2D eigenvalue weighted by Crippen LogP contribution is -2.22. The Morgan fingerprint density at radius 2 is 2.19 bits per heavy atom. The Bertz CT molecular complexity index is 836. The largest absolute Gasteiger partial charge is 0.319 e. The number of imidazole rings is 1. The van der Waals surface area contributed by atoms with Crippen LogP contribution >= 0.6 is 11.3 Å². The smallest absolute Gasteiger partial charge is 0.291 e. The third-order valence-corrected chi connectivity index (χ3v) is 4.38. The second-order valence-electron chi connectivity index (χ2n) is 4.49. The Hall–Kier alpha value is -2.09. The quantitative estimate of drug-likeness (QED) is 0.744. The third kappa shape index (κ3) is 2.46. The molecule has 0 aliphatic carbocycles. The van der Waals surface area contributed by atoms with E-state index >= 15 is 0 Å². The van der Waals surface area contributed by atoms with Crippen molar-refractivity contribution in [1.29, 1.82) is 0 Å².